The number of hydrogen-bond donors (Lipinski definition) is 1. The topological polar surface area (TPSA) is 70.6 Å². The molecule has 0 spiro atoms. The van der Waals surface area contributed by atoms with E-state index in [1.54, 1.807) is 13.3 Å². The number of carbonyl (C=O) groups is 1. The second kappa shape index (κ2) is 6.82. The van der Waals surface area contributed by atoms with Crippen molar-refractivity contribution in [2.45, 2.75) is 25.8 Å². The van der Waals surface area contributed by atoms with Gasteiger partial charge in [-0.1, -0.05) is 6.07 Å². The zero-order valence-corrected chi connectivity index (χ0v) is 15.1. The Balaban J connectivity index is 1.78. The van der Waals surface area contributed by atoms with Crippen LogP contribution in [0.2, 0.25) is 0 Å². The first-order valence-corrected chi connectivity index (χ1v) is 9.04. The lowest BCUT2D eigenvalue weighted by Gasteiger charge is -2.27. The van der Waals surface area contributed by atoms with Crippen LogP contribution in [0.4, 0.5) is 17.5 Å². The molecule has 1 aromatic heterocycles. The molecule has 1 N–H and O–H groups in total. The summed E-state index contributed by atoms with van der Waals surface area (Å²) in [6.07, 6.45) is 3.80. The van der Waals surface area contributed by atoms with Gasteiger partial charge in [0.25, 0.3) is 5.91 Å². The van der Waals surface area contributed by atoms with Crippen LogP contribution in [0.1, 0.15) is 30.1 Å². The number of rotatable bonds is 4. The fourth-order valence-electron chi connectivity index (χ4n) is 3.73. The molecule has 0 aliphatic carbocycles. The van der Waals surface area contributed by atoms with Gasteiger partial charge in [0.2, 0.25) is 5.95 Å². The highest BCUT2D eigenvalue weighted by Gasteiger charge is 2.37. The first-order valence-electron chi connectivity index (χ1n) is 9.04. The van der Waals surface area contributed by atoms with Crippen molar-refractivity contribution < 1.29 is 9.53 Å². The number of aromatic nitrogens is 2. The van der Waals surface area contributed by atoms with Crippen LogP contribution in [-0.4, -0.2) is 48.7 Å². The number of carbonyl (C=O) groups excluding carboxylic acids is 1. The van der Waals surface area contributed by atoms with E-state index in [1.165, 1.54) is 0 Å². The van der Waals surface area contributed by atoms with Crippen molar-refractivity contribution in [3.63, 3.8) is 0 Å². The number of methoxy groups -OCH3 is 1. The van der Waals surface area contributed by atoms with Crippen molar-refractivity contribution >= 4 is 23.4 Å². The number of hydrogen-bond acceptors (Lipinski definition) is 6. The largest absolute Gasteiger partial charge is 0.497 e. The predicted octanol–water partition coefficient (Wildman–Crippen LogP) is 2.55. The van der Waals surface area contributed by atoms with Crippen molar-refractivity contribution in [1.29, 1.82) is 0 Å². The lowest BCUT2D eigenvalue weighted by molar-refractivity contribution is 0.0988. The van der Waals surface area contributed by atoms with Gasteiger partial charge in [-0.2, -0.15) is 4.98 Å². The van der Waals surface area contributed by atoms with Crippen LogP contribution >= 0.6 is 0 Å². The fourth-order valence-corrected chi connectivity index (χ4v) is 3.73. The summed E-state index contributed by atoms with van der Waals surface area (Å²) in [5, 5.41) is 3.14. The molecular weight excluding hydrogens is 330 g/mol. The number of anilines is 3. The molecule has 7 nitrogen and oxygen atoms in total. The van der Waals surface area contributed by atoms with Crippen molar-refractivity contribution in [3.8, 4) is 5.75 Å². The lowest BCUT2D eigenvalue weighted by atomic mass is 10.2. The third-order valence-corrected chi connectivity index (χ3v) is 4.99. The van der Waals surface area contributed by atoms with E-state index in [2.05, 4.69) is 20.2 Å². The smallest absolute Gasteiger partial charge is 0.263 e. The Labute approximate surface area is 153 Å². The molecule has 26 heavy (non-hydrogen) atoms. The summed E-state index contributed by atoms with van der Waals surface area (Å²) in [6.45, 7) is 4.30. The van der Waals surface area contributed by atoms with E-state index >= 15 is 0 Å². The second-order valence-corrected chi connectivity index (χ2v) is 6.57. The zero-order chi connectivity index (χ0) is 18.1. The lowest BCUT2D eigenvalue weighted by Crippen LogP contribution is -2.39. The molecule has 136 valence electrons. The van der Waals surface area contributed by atoms with Gasteiger partial charge in [-0.05, 0) is 31.9 Å². The molecule has 1 saturated heterocycles. The van der Waals surface area contributed by atoms with Gasteiger partial charge in [-0.15, -0.1) is 0 Å². The predicted molar refractivity (Wildman–Crippen MR) is 101 cm³/mol. The minimum Gasteiger partial charge on any atom is -0.497 e. The van der Waals surface area contributed by atoms with E-state index in [4.69, 9.17) is 4.74 Å². The van der Waals surface area contributed by atoms with Gasteiger partial charge in [-0.3, -0.25) is 4.79 Å². The summed E-state index contributed by atoms with van der Waals surface area (Å²) < 4.78 is 5.33. The molecule has 3 heterocycles. The van der Waals surface area contributed by atoms with Crippen molar-refractivity contribution in [2.24, 2.45) is 0 Å². The Morgan fingerprint density at radius 2 is 2.27 bits per heavy atom. The van der Waals surface area contributed by atoms with Gasteiger partial charge in [0.1, 0.15) is 17.1 Å². The molecule has 0 bridgehead atoms. The maximum atomic E-state index is 13.3. The van der Waals surface area contributed by atoms with E-state index in [1.807, 2.05) is 36.1 Å². The Morgan fingerprint density at radius 1 is 1.38 bits per heavy atom. The van der Waals surface area contributed by atoms with Crippen molar-refractivity contribution in [1.82, 2.24) is 9.97 Å². The van der Waals surface area contributed by atoms with Crippen LogP contribution < -0.4 is 19.9 Å². The highest BCUT2D eigenvalue weighted by Crippen LogP contribution is 2.34. The molecule has 2 aliphatic rings. The van der Waals surface area contributed by atoms with E-state index < -0.39 is 0 Å². The molecule has 2 aromatic rings. The Morgan fingerprint density at radius 3 is 3.08 bits per heavy atom. The Kier molecular flexibility index (Phi) is 4.36. The SMILES string of the molecule is CCNc1ncc2c(n1)N1CCCC1CN(c1cccc(OC)c1)C2=O. The number of nitrogens with zero attached hydrogens (tertiary/aromatic N) is 4. The van der Waals surface area contributed by atoms with Crippen LogP contribution in [0, 0.1) is 0 Å². The molecule has 1 unspecified atom stereocenters. The summed E-state index contributed by atoms with van der Waals surface area (Å²) >= 11 is 0. The van der Waals surface area contributed by atoms with Crippen LogP contribution in [-0.2, 0) is 0 Å². The Bertz CT molecular complexity index is 825. The van der Waals surface area contributed by atoms with Crippen LogP contribution in [0.25, 0.3) is 0 Å². The summed E-state index contributed by atoms with van der Waals surface area (Å²) in [4.78, 5) is 26.4. The summed E-state index contributed by atoms with van der Waals surface area (Å²) in [5.41, 5.74) is 1.39. The molecule has 4 rings (SSSR count). The standard InChI is InChI=1S/C19H23N5O2/c1-3-20-19-21-11-16-17(22-19)23-9-5-7-14(23)12-24(18(16)25)13-6-4-8-15(10-13)26-2/h4,6,8,10-11,14H,3,5,7,9,12H2,1-2H3,(H,20,21,22). The average Bonchev–Trinajstić information content (AvgIpc) is 3.10. The van der Waals surface area contributed by atoms with Gasteiger partial charge in [-0.25, -0.2) is 4.98 Å². The number of ether oxygens (including phenoxy) is 1. The third kappa shape index (κ3) is 2.83. The highest BCUT2D eigenvalue weighted by molar-refractivity contribution is 6.10. The summed E-state index contributed by atoms with van der Waals surface area (Å²) in [5.74, 6) is 1.99. The minimum atomic E-state index is -0.0642. The van der Waals surface area contributed by atoms with Gasteiger partial charge in [0.15, 0.2) is 0 Å². The van der Waals surface area contributed by atoms with Gasteiger partial charge in [0, 0.05) is 43.6 Å². The molecule has 2 aliphatic heterocycles. The summed E-state index contributed by atoms with van der Waals surface area (Å²) in [6, 6.07) is 7.89. The molecule has 0 saturated carbocycles. The molecule has 1 aromatic carbocycles. The summed E-state index contributed by atoms with van der Waals surface area (Å²) in [7, 11) is 1.63. The molecular formula is C19H23N5O2. The number of nitrogens with one attached hydrogen (secondary N) is 1. The van der Waals surface area contributed by atoms with Crippen molar-refractivity contribution in [2.75, 3.05) is 41.9 Å². The zero-order valence-electron chi connectivity index (χ0n) is 15.1. The molecule has 1 amide bonds. The van der Waals surface area contributed by atoms with E-state index in [9.17, 15) is 4.79 Å². The van der Waals surface area contributed by atoms with Gasteiger partial charge >= 0.3 is 0 Å². The number of amides is 1. The Hall–Kier alpha value is -2.83. The normalized spacial score (nSPS) is 19.0. The maximum Gasteiger partial charge on any atom is 0.263 e. The first kappa shape index (κ1) is 16.6. The average molecular weight is 353 g/mol. The molecule has 1 fully saturated rings. The van der Waals surface area contributed by atoms with Crippen LogP contribution in [0.3, 0.4) is 0 Å². The molecule has 7 heteroatoms. The number of benzene rings is 1. The van der Waals surface area contributed by atoms with Crippen LogP contribution in [0.5, 0.6) is 5.75 Å². The fraction of sp³-hybridized carbons (Fsp3) is 0.421. The maximum absolute atomic E-state index is 13.3. The van der Waals surface area contributed by atoms with E-state index in [0.29, 0.717) is 18.1 Å². The van der Waals surface area contributed by atoms with Crippen LogP contribution in [0.15, 0.2) is 30.5 Å². The minimum absolute atomic E-state index is 0.0642. The highest BCUT2D eigenvalue weighted by atomic mass is 16.5. The first-order chi connectivity index (χ1) is 12.7. The van der Waals surface area contributed by atoms with Crippen molar-refractivity contribution in [3.05, 3.63) is 36.0 Å². The van der Waals surface area contributed by atoms with E-state index in [-0.39, 0.29) is 11.9 Å². The van der Waals surface area contributed by atoms with Gasteiger partial charge in [0.05, 0.1) is 7.11 Å². The second-order valence-electron chi connectivity index (χ2n) is 6.57. The van der Waals surface area contributed by atoms with E-state index in [0.717, 1.165) is 43.2 Å². The third-order valence-electron chi connectivity index (χ3n) is 4.99. The quantitative estimate of drug-likeness (QED) is 0.911. The number of fused-ring (bicyclic) bond motifs is 3. The molecule has 1 atom stereocenters. The monoisotopic (exact) mass is 353 g/mol. The van der Waals surface area contributed by atoms with Gasteiger partial charge < -0.3 is 19.9 Å². The molecule has 0 radical (unpaired) electrons.